The normalized spacial score (nSPS) is 22.0. The first-order valence-corrected chi connectivity index (χ1v) is 9.83. The lowest BCUT2D eigenvalue weighted by atomic mass is 9.92. The second kappa shape index (κ2) is 7.67. The lowest BCUT2D eigenvalue weighted by molar-refractivity contribution is -0.137. The highest BCUT2D eigenvalue weighted by molar-refractivity contribution is 6.29. The Balaban J connectivity index is 1.50. The van der Waals surface area contributed by atoms with E-state index in [1.54, 1.807) is 18.2 Å². The van der Waals surface area contributed by atoms with Gasteiger partial charge in [-0.2, -0.15) is 13.2 Å². The number of aromatic nitrogens is 1. The van der Waals surface area contributed by atoms with E-state index in [0.717, 1.165) is 12.1 Å². The molecule has 1 aliphatic heterocycles. The van der Waals surface area contributed by atoms with Gasteiger partial charge in [-0.1, -0.05) is 23.7 Å². The molecule has 1 unspecified atom stereocenters. The number of hydrogen-bond acceptors (Lipinski definition) is 3. The van der Waals surface area contributed by atoms with Crippen LogP contribution in [0.1, 0.15) is 35.6 Å². The highest BCUT2D eigenvalue weighted by Gasteiger charge is 2.48. The molecule has 1 saturated carbocycles. The first-order chi connectivity index (χ1) is 14.6. The largest absolute Gasteiger partial charge is 0.416 e. The lowest BCUT2D eigenvalue weighted by Crippen LogP contribution is -2.50. The van der Waals surface area contributed by atoms with Crippen LogP contribution in [0.5, 0.6) is 0 Å². The van der Waals surface area contributed by atoms with Crippen molar-refractivity contribution in [1.29, 1.82) is 0 Å². The van der Waals surface area contributed by atoms with Gasteiger partial charge in [0.05, 0.1) is 16.8 Å². The molecular formula is C20H17ClF4N4O2. The van der Waals surface area contributed by atoms with Crippen LogP contribution < -0.4 is 16.0 Å². The zero-order valence-corrected chi connectivity index (χ0v) is 16.6. The van der Waals surface area contributed by atoms with Crippen LogP contribution in [0.3, 0.4) is 0 Å². The van der Waals surface area contributed by atoms with Gasteiger partial charge in [-0.15, -0.1) is 0 Å². The summed E-state index contributed by atoms with van der Waals surface area (Å²) < 4.78 is 52.8. The molecule has 0 radical (unpaired) electrons. The Hall–Kier alpha value is -2.88. The van der Waals surface area contributed by atoms with Gasteiger partial charge in [0.15, 0.2) is 0 Å². The van der Waals surface area contributed by atoms with Crippen LogP contribution in [0.25, 0.3) is 0 Å². The number of urea groups is 1. The molecule has 2 aliphatic rings. The van der Waals surface area contributed by atoms with E-state index < -0.39 is 47.0 Å². The molecule has 0 bridgehead atoms. The first kappa shape index (κ1) is 21.4. The molecule has 2 aromatic rings. The summed E-state index contributed by atoms with van der Waals surface area (Å²) in [6.45, 7) is -0.0208. The van der Waals surface area contributed by atoms with Crippen LogP contribution in [-0.2, 0) is 16.5 Å². The molecule has 6 nitrogen and oxygen atoms in total. The van der Waals surface area contributed by atoms with Crippen molar-refractivity contribution in [3.8, 4) is 0 Å². The molecule has 2 heterocycles. The van der Waals surface area contributed by atoms with Crippen LogP contribution in [0.2, 0.25) is 5.15 Å². The molecule has 3 N–H and O–H groups in total. The zero-order valence-electron chi connectivity index (χ0n) is 15.9. The minimum atomic E-state index is -4.69. The number of rotatable bonds is 4. The van der Waals surface area contributed by atoms with Crippen molar-refractivity contribution >= 4 is 23.5 Å². The quantitative estimate of drug-likeness (QED) is 0.486. The van der Waals surface area contributed by atoms with Crippen LogP contribution in [0.4, 0.5) is 22.4 Å². The predicted octanol–water partition coefficient (Wildman–Crippen LogP) is 3.46. The number of nitrogens with zero attached hydrogens (tertiary/aromatic N) is 1. The molecule has 2 fully saturated rings. The Morgan fingerprint density at radius 2 is 1.97 bits per heavy atom. The number of alkyl halides is 3. The average Bonchev–Trinajstić information content (AvgIpc) is 3.39. The maximum absolute atomic E-state index is 14.4. The number of amides is 3. The number of pyridine rings is 1. The molecule has 3 amide bonds. The fourth-order valence-corrected chi connectivity index (χ4v) is 3.88. The predicted molar refractivity (Wildman–Crippen MR) is 103 cm³/mol. The number of carbonyl (C=O) groups is 2. The maximum Gasteiger partial charge on any atom is 0.416 e. The highest BCUT2D eigenvalue weighted by Crippen LogP contribution is 2.44. The second-order valence-corrected chi connectivity index (χ2v) is 7.98. The Kier molecular flexibility index (Phi) is 5.28. The maximum atomic E-state index is 14.4. The summed E-state index contributed by atoms with van der Waals surface area (Å²) in [5.74, 6) is -2.50. The summed E-state index contributed by atoms with van der Waals surface area (Å²) >= 11 is 5.91. The molecule has 4 rings (SSSR count). The molecule has 1 aromatic carbocycles. The molecule has 1 saturated heterocycles. The lowest BCUT2D eigenvalue weighted by Gasteiger charge is -2.23. The molecule has 0 spiro atoms. The van der Waals surface area contributed by atoms with Gasteiger partial charge in [-0.3, -0.25) is 4.79 Å². The number of halogens is 5. The number of hydrogen-bond donors (Lipinski definition) is 3. The molecule has 2 atom stereocenters. The van der Waals surface area contributed by atoms with E-state index >= 15 is 0 Å². The van der Waals surface area contributed by atoms with E-state index in [1.165, 1.54) is 0 Å². The fourth-order valence-electron chi connectivity index (χ4n) is 3.72. The van der Waals surface area contributed by atoms with Crippen molar-refractivity contribution < 1.29 is 27.2 Å². The molecule has 11 heteroatoms. The minimum absolute atomic E-state index is 0.0208. The number of carbonyl (C=O) groups excluding carboxylic acids is 2. The Labute approximate surface area is 179 Å². The van der Waals surface area contributed by atoms with E-state index in [2.05, 4.69) is 20.9 Å². The second-order valence-electron chi connectivity index (χ2n) is 7.59. The van der Waals surface area contributed by atoms with E-state index in [1.807, 2.05) is 0 Å². The summed E-state index contributed by atoms with van der Waals surface area (Å²) in [5, 5.41) is 8.09. The third kappa shape index (κ3) is 4.30. The SMILES string of the molecule is O=C(NC1C(=O)NC[C@H]1c1ccc(C(F)(F)F)cc1F)NC1(c2cccc(Cl)n2)CC1. The van der Waals surface area contributed by atoms with Crippen molar-refractivity contribution in [2.45, 2.75) is 36.5 Å². The molecule has 164 valence electrons. The van der Waals surface area contributed by atoms with Gasteiger partial charge in [0, 0.05) is 12.5 Å². The standard InChI is InChI=1S/C20H17ClF4N4O2/c21-15-3-1-2-14(27-15)19(6-7-19)29-18(31)28-16-12(9-26-17(16)30)11-5-4-10(8-13(11)22)20(23,24)25/h1-5,8,12,16H,6-7,9H2,(H,26,30)(H2,28,29,31)/t12-,16?/m0/s1. The van der Waals surface area contributed by atoms with Gasteiger partial charge < -0.3 is 16.0 Å². The number of benzene rings is 1. The average molecular weight is 457 g/mol. The summed E-state index contributed by atoms with van der Waals surface area (Å²) in [5.41, 5.74) is -1.34. The topological polar surface area (TPSA) is 83.1 Å². The first-order valence-electron chi connectivity index (χ1n) is 9.45. The van der Waals surface area contributed by atoms with Gasteiger partial charge in [0.25, 0.3) is 0 Å². The highest BCUT2D eigenvalue weighted by atomic mass is 35.5. The summed E-state index contributed by atoms with van der Waals surface area (Å²) in [7, 11) is 0. The summed E-state index contributed by atoms with van der Waals surface area (Å²) in [4.78, 5) is 29.1. The van der Waals surface area contributed by atoms with Gasteiger partial charge in [0.1, 0.15) is 17.0 Å². The van der Waals surface area contributed by atoms with Crippen molar-refractivity contribution in [3.05, 3.63) is 64.2 Å². The van der Waals surface area contributed by atoms with Crippen molar-refractivity contribution in [2.24, 2.45) is 0 Å². The van der Waals surface area contributed by atoms with Crippen LogP contribution >= 0.6 is 11.6 Å². The zero-order chi connectivity index (χ0) is 22.4. The van der Waals surface area contributed by atoms with Crippen molar-refractivity contribution in [3.63, 3.8) is 0 Å². The van der Waals surface area contributed by atoms with Gasteiger partial charge in [-0.05, 0) is 42.7 Å². The molecule has 1 aliphatic carbocycles. The van der Waals surface area contributed by atoms with Gasteiger partial charge in [0.2, 0.25) is 5.91 Å². The minimum Gasteiger partial charge on any atom is -0.354 e. The third-order valence-corrected chi connectivity index (χ3v) is 5.71. The third-order valence-electron chi connectivity index (χ3n) is 5.50. The molecular weight excluding hydrogens is 440 g/mol. The summed E-state index contributed by atoms with van der Waals surface area (Å²) in [6, 6.07) is 5.36. The van der Waals surface area contributed by atoms with Crippen LogP contribution in [-0.4, -0.2) is 29.5 Å². The van der Waals surface area contributed by atoms with E-state index in [9.17, 15) is 27.2 Å². The Morgan fingerprint density at radius 1 is 1.23 bits per heavy atom. The van der Waals surface area contributed by atoms with E-state index in [4.69, 9.17) is 11.6 Å². The van der Waals surface area contributed by atoms with Crippen LogP contribution in [0, 0.1) is 5.82 Å². The van der Waals surface area contributed by atoms with Crippen LogP contribution in [0.15, 0.2) is 36.4 Å². The Morgan fingerprint density at radius 3 is 2.58 bits per heavy atom. The van der Waals surface area contributed by atoms with E-state index in [-0.39, 0.29) is 17.3 Å². The summed E-state index contributed by atoms with van der Waals surface area (Å²) in [6.07, 6.45) is -3.43. The number of nitrogens with one attached hydrogen (secondary N) is 3. The Bertz CT molecular complexity index is 1040. The molecule has 31 heavy (non-hydrogen) atoms. The smallest absolute Gasteiger partial charge is 0.354 e. The fraction of sp³-hybridized carbons (Fsp3) is 0.350. The van der Waals surface area contributed by atoms with Gasteiger partial charge >= 0.3 is 12.2 Å². The van der Waals surface area contributed by atoms with E-state index in [0.29, 0.717) is 24.6 Å². The van der Waals surface area contributed by atoms with Gasteiger partial charge in [-0.25, -0.2) is 14.2 Å². The molecule has 1 aromatic heterocycles. The monoisotopic (exact) mass is 456 g/mol. The van der Waals surface area contributed by atoms with Crippen molar-refractivity contribution in [2.75, 3.05) is 6.54 Å². The van der Waals surface area contributed by atoms with Crippen molar-refractivity contribution in [1.82, 2.24) is 20.9 Å².